The normalized spacial score (nSPS) is 23.4. The molecule has 1 saturated heterocycles. The SMILES string of the molecule is CCCCc1ccc(C(=O)N2[C@@H](C3CCCCC3)SC[C@H]2C(=O)OC)cc1. The summed E-state index contributed by atoms with van der Waals surface area (Å²) in [5.41, 5.74) is 1.94. The number of amides is 1. The molecular weight excluding hydrogens is 358 g/mol. The fourth-order valence-corrected chi connectivity index (χ4v) is 5.85. The van der Waals surface area contributed by atoms with Gasteiger partial charge in [0.15, 0.2) is 0 Å². The van der Waals surface area contributed by atoms with Gasteiger partial charge in [-0.15, -0.1) is 11.8 Å². The lowest BCUT2D eigenvalue weighted by Crippen LogP contribution is -2.48. The van der Waals surface area contributed by atoms with E-state index in [1.54, 1.807) is 11.8 Å². The number of hydrogen-bond donors (Lipinski definition) is 0. The lowest BCUT2D eigenvalue weighted by atomic mass is 9.88. The monoisotopic (exact) mass is 389 g/mol. The number of aryl methyl sites for hydroxylation is 1. The fraction of sp³-hybridized carbons (Fsp3) is 0.636. The number of thioether (sulfide) groups is 1. The molecule has 1 aromatic rings. The van der Waals surface area contributed by atoms with Crippen LogP contribution in [0.5, 0.6) is 0 Å². The van der Waals surface area contributed by atoms with Crippen molar-refractivity contribution < 1.29 is 14.3 Å². The molecule has 27 heavy (non-hydrogen) atoms. The lowest BCUT2D eigenvalue weighted by Gasteiger charge is -2.35. The van der Waals surface area contributed by atoms with E-state index in [-0.39, 0.29) is 17.3 Å². The van der Waals surface area contributed by atoms with Crippen molar-refractivity contribution in [1.82, 2.24) is 4.90 Å². The number of unbranched alkanes of at least 4 members (excludes halogenated alkanes) is 1. The molecule has 2 aliphatic rings. The summed E-state index contributed by atoms with van der Waals surface area (Å²) in [4.78, 5) is 27.5. The Morgan fingerprint density at radius 2 is 1.85 bits per heavy atom. The number of hydrogen-bond acceptors (Lipinski definition) is 4. The van der Waals surface area contributed by atoms with E-state index in [1.165, 1.54) is 31.9 Å². The van der Waals surface area contributed by atoms with Crippen LogP contribution in [0.15, 0.2) is 24.3 Å². The van der Waals surface area contributed by atoms with Crippen molar-refractivity contribution in [2.75, 3.05) is 12.9 Å². The van der Waals surface area contributed by atoms with Gasteiger partial charge in [0.25, 0.3) is 5.91 Å². The van der Waals surface area contributed by atoms with Crippen LogP contribution in [0.2, 0.25) is 0 Å². The average Bonchev–Trinajstić information content (AvgIpc) is 3.17. The zero-order valence-electron chi connectivity index (χ0n) is 16.5. The summed E-state index contributed by atoms with van der Waals surface area (Å²) in [6.45, 7) is 2.18. The Morgan fingerprint density at radius 1 is 1.15 bits per heavy atom. The summed E-state index contributed by atoms with van der Waals surface area (Å²) in [7, 11) is 1.41. The minimum atomic E-state index is -0.473. The second-order valence-corrected chi connectivity index (χ2v) is 8.82. The molecule has 0 bridgehead atoms. The molecule has 0 N–H and O–H groups in total. The van der Waals surface area contributed by atoms with Crippen LogP contribution in [0.3, 0.4) is 0 Å². The molecule has 2 atom stereocenters. The largest absolute Gasteiger partial charge is 0.467 e. The van der Waals surface area contributed by atoms with Gasteiger partial charge in [-0.25, -0.2) is 4.79 Å². The van der Waals surface area contributed by atoms with E-state index in [4.69, 9.17) is 4.74 Å². The first-order valence-electron chi connectivity index (χ1n) is 10.3. The highest BCUT2D eigenvalue weighted by Crippen LogP contribution is 2.41. The zero-order valence-corrected chi connectivity index (χ0v) is 17.3. The van der Waals surface area contributed by atoms with Crippen molar-refractivity contribution in [2.45, 2.75) is 69.7 Å². The third kappa shape index (κ3) is 4.68. The van der Waals surface area contributed by atoms with Gasteiger partial charge in [-0.05, 0) is 49.3 Å². The van der Waals surface area contributed by atoms with E-state index in [0.29, 0.717) is 17.2 Å². The van der Waals surface area contributed by atoms with Crippen molar-refractivity contribution in [2.24, 2.45) is 5.92 Å². The van der Waals surface area contributed by atoms with Crippen LogP contribution >= 0.6 is 11.8 Å². The molecule has 1 heterocycles. The van der Waals surface area contributed by atoms with Gasteiger partial charge in [-0.3, -0.25) is 4.79 Å². The molecule has 0 aromatic heterocycles. The Bertz CT molecular complexity index is 639. The van der Waals surface area contributed by atoms with E-state index in [2.05, 4.69) is 19.1 Å². The maximum absolute atomic E-state index is 13.4. The van der Waals surface area contributed by atoms with Gasteiger partial charge in [-0.2, -0.15) is 0 Å². The highest BCUT2D eigenvalue weighted by atomic mass is 32.2. The first-order valence-corrected chi connectivity index (χ1v) is 11.3. The maximum Gasteiger partial charge on any atom is 0.329 e. The number of esters is 1. The predicted molar refractivity (Wildman–Crippen MR) is 110 cm³/mol. The molecule has 4 nitrogen and oxygen atoms in total. The average molecular weight is 390 g/mol. The summed E-state index contributed by atoms with van der Waals surface area (Å²) >= 11 is 1.75. The number of nitrogens with zero attached hydrogens (tertiary/aromatic N) is 1. The number of methoxy groups -OCH3 is 1. The number of carbonyl (C=O) groups excluding carboxylic acids is 2. The summed E-state index contributed by atoms with van der Waals surface area (Å²) in [6, 6.07) is 7.47. The van der Waals surface area contributed by atoms with Crippen LogP contribution in [0.1, 0.15) is 67.8 Å². The highest BCUT2D eigenvalue weighted by Gasteiger charge is 2.45. The molecule has 1 aliphatic carbocycles. The third-order valence-corrected chi connectivity index (χ3v) is 7.28. The highest BCUT2D eigenvalue weighted by molar-refractivity contribution is 8.00. The number of ether oxygens (including phenoxy) is 1. The van der Waals surface area contributed by atoms with Crippen LogP contribution < -0.4 is 0 Å². The van der Waals surface area contributed by atoms with E-state index >= 15 is 0 Å². The Labute approximate surface area is 167 Å². The molecule has 0 unspecified atom stereocenters. The lowest BCUT2D eigenvalue weighted by molar-refractivity contribution is -0.145. The summed E-state index contributed by atoms with van der Waals surface area (Å²) < 4.78 is 5.00. The van der Waals surface area contributed by atoms with Crippen LogP contribution in [-0.4, -0.2) is 41.1 Å². The van der Waals surface area contributed by atoms with Crippen molar-refractivity contribution in [3.8, 4) is 0 Å². The van der Waals surface area contributed by atoms with Gasteiger partial charge in [0.1, 0.15) is 6.04 Å². The molecule has 148 valence electrons. The second-order valence-electron chi connectivity index (χ2n) is 7.67. The summed E-state index contributed by atoms with van der Waals surface area (Å²) in [6.07, 6.45) is 9.37. The Balaban J connectivity index is 1.80. The Kier molecular flexibility index (Phi) is 7.22. The molecule has 0 radical (unpaired) electrons. The van der Waals surface area contributed by atoms with Gasteiger partial charge in [-0.1, -0.05) is 44.7 Å². The predicted octanol–water partition coefficient (Wildman–Crippen LogP) is 4.67. The van der Waals surface area contributed by atoms with E-state index in [0.717, 1.165) is 32.1 Å². The summed E-state index contributed by atoms with van der Waals surface area (Å²) in [5.74, 6) is 0.779. The Hall–Kier alpha value is -1.49. The topological polar surface area (TPSA) is 46.6 Å². The molecule has 1 aromatic carbocycles. The van der Waals surface area contributed by atoms with E-state index in [1.807, 2.05) is 17.0 Å². The van der Waals surface area contributed by atoms with Crippen LogP contribution in [0.4, 0.5) is 0 Å². The van der Waals surface area contributed by atoms with Gasteiger partial charge in [0.05, 0.1) is 12.5 Å². The molecular formula is C22H31NO3S. The van der Waals surface area contributed by atoms with Crippen molar-refractivity contribution >= 4 is 23.6 Å². The van der Waals surface area contributed by atoms with Crippen molar-refractivity contribution in [3.63, 3.8) is 0 Å². The molecule has 1 amide bonds. The number of rotatable bonds is 6. The minimum absolute atomic E-state index is 0.0342. The van der Waals surface area contributed by atoms with E-state index in [9.17, 15) is 9.59 Å². The number of carbonyl (C=O) groups is 2. The van der Waals surface area contributed by atoms with Gasteiger partial charge in [0.2, 0.25) is 0 Å². The van der Waals surface area contributed by atoms with Crippen LogP contribution in [0.25, 0.3) is 0 Å². The maximum atomic E-state index is 13.4. The molecule has 3 rings (SSSR count). The quantitative estimate of drug-likeness (QED) is 0.664. The van der Waals surface area contributed by atoms with Gasteiger partial charge in [0, 0.05) is 11.3 Å². The van der Waals surface area contributed by atoms with E-state index < -0.39 is 6.04 Å². The number of benzene rings is 1. The molecule has 1 saturated carbocycles. The first-order chi connectivity index (χ1) is 13.2. The second kappa shape index (κ2) is 9.63. The third-order valence-electron chi connectivity index (χ3n) is 5.82. The molecule has 5 heteroatoms. The first kappa shape index (κ1) is 20.2. The molecule has 1 aliphatic heterocycles. The zero-order chi connectivity index (χ0) is 19.2. The molecule has 0 spiro atoms. The minimum Gasteiger partial charge on any atom is -0.467 e. The Morgan fingerprint density at radius 3 is 2.48 bits per heavy atom. The van der Waals surface area contributed by atoms with Crippen molar-refractivity contribution in [3.05, 3.63) is 35.4 Å². The van der Waals surface area contributed by atoms with Crippen LogP contribution in [-0.2, 0) is 16.0 Å². The van der Waals surface area contributed by atoms with Crippen LogP contribution in [0, 0.1) is 5.92 Å². The molecule has 2 fully saturated rings. The van der Waals surface area contributed by atoms with Gasteiger partial charge >= 0.3 is 5.97 Å². The van der Waals surface area contributed by atoms with Crippen molar-refractivity contribution in [1.29, 1.82) is 0 Å². The smallest absolute Gasteiger partial charge is 0.329 e. The fourth-order valence-electron chi connectivity index (χ4n) is 4.23. The summed E-state index contributed by atoms with van der Waals surface area (Å²) in [5, 5.41) is 0.0849. The standard InChI is InChI=1S/C22H31NO3S/c1-3-4-8-16-11-13-17(14-12-16)20(24)23-19(22(25)26-2)15-27-21(23)18-9-6-5-7-10-18/h11-14,18-19,21H,3-10,15H2,1-2H3/t19-,21+/m0/s1. The van der Waals surface area contributed by atoms with Gasteiger partial charge < -0.3 is 9.64 Å².